The quantitative estimate of drug-likeness (QED) is 0.733. The van der Waals surface area contributed by atoms with Crippen LogP contribution >= 0.6 is 11.6 Å². The van der Waals surface area contributed by atoms with Gasteiger partial charge >= 0.3 is 0 Å². The lowest BCUT2D eigenvalue weighted by molar-refractivity contribution is -0.117. The number of nitrogens with one attached hydrogen (secondary N) is 2. The molecule has 1 atom stereocenters. The lowest BCUT2D eigenvalue weighted by atomic mass is 10.2. The maximum atomic E-state index is 12.4. The third-order valence-electron chi connectivity index (χ3n) is 4.22. The number of amides is 1. The molecule has 0 unspecified atom stereocenters. The van der Waals surface area contributed by atoms with E-state index >= 15 is 0 Å². The number of benzene rings is 1. The summed E-state index contributed by atoms with van der Waals surface area (Å²) in [5, 5.41) is 15.8. The van der Waals surface area contributed by atoms with Crippen molar-refractivity contribution >= 4 is 34.5 Å². The van der Waals surface area contributed by atoms with Crippen LogP contribution in [0.1, 0.15) is 18.7 Å². The van der Waals surface area contributed by atoms with Crippen molar-refractivity contribution in [3.8, 4) is 11.8 Å². The van der Waals surface area contributed by atoms with E-state index in [9.17, 15) is 10.1 Å². The van der Waals surface area contributed by atoms with E-state index in [0.29, 0.717) is 16.2 Å². The summed E-state index contributed by atoms with van der Waals surface area (Å²) in [6, 6.07) is 8.81. The van der Waals surface area contributed by atoms with Crippen LogP contribution in [0, 0.1) is 11.3 Å². The molecule has 4 rings (SSSR count). The number of anilines is 1. The summed E-state index contributed by atoms with van der Waals surface area (Å²) < 4.78 is 1.72. The topological polar surface area (TPSA) is 109 Å². The molecular weight excluding hydrogens is 354 g/mol. The highest BCUT2D eigenvalue weighted by atomic mass is 35.5. The van der Waals surface area contributed by atoms with Gasteiger partial charge in [0.15, 0.2) is 17.0 Å². The molecule has 1 aliphatic heterocycles. The zero-order valence-electron chi connectivity index (χ0n) is 13.6. The Morgan fingerprint density at radius 1 is 1.35 bits per heavy atom. The molecule has 1 amide bonds. The van der Waals surface area contributed by atoms with Gasteiger partial charge in [-0.2, -0.15) is 15.2 Å². The number of hydrogen-bond donors (Lipinski definition) is 2. The summed E-state index contributed by atoms with van der Waals surface area (Å²) in [4.78, 5) is 25.1. The summed E-state index contributed by atoms with van der Waals surface area (Å²) >= 11 is 5.94. The molecule has 0 saturated carbocycles. The van der Waals surface area contributed by atoms with E-state index in [2.05, 4.69) is 25.6 Å². The number of carbonyl (C=O) groups excluding carboxylic acids is 1. The Hall–Kier alpha value is -3.02. The average molecular weight is 368 g/mol. The molecule has 0 radical (unpaired) electrons. The van der Waals surface area contributed by atoms with Gasteiger partial charge in [-0.05, 0) is 43.7 Å². The Morgan fingerprint density at radius 3 is 2.85 bits per heavy atom. The molecule has 26 heavy (non-hydrogen) atoms. The summed E-state index contributed by atoms with van der Waals surface area (Å²) in [5.41, 5.74) is 1.65. The van der Waals surface area contributed by atoms with Crippen molar-refractivity contribution in [1.29, 1.82) is 5.26 Å². The van der Waals surface area contributed by atoms with Gasteiger partial charge in [-0.25, -0.2) is 4.98 Å². The molecule has 0 bridgehead atoms. The number of carbonyl (C=O) groups is 1. The standard InChI is InChI=1S/C17H14ClN7O/c18-10-3-5-11(6-4-10)25-9-21-14-15(22-13(8-19)23-16(14)25)24-17(26)12-2-1-7-20-12/h3-6,9,12,20H,1-2,7H2,(H,22,23,24,26)/t12-/m0/s1. The first-order chi connectivity index (χ1) is 12.7. The number of nitrogens with zero attached hydrogens (tertiary/aromatic N) is 5. The largest absolute Gasteiger partial charge is 0.307 e. The molecule has 0 aliphatic carbocycles. The zero-order valence-corrected chi connectivity index (χ0v) is 14.4. The molecule has 8 nitrogen and oxygen atoms in total. The van der Waals surface area contributed by atoms with Crippen LogP contribution in [0.25, 0.3) is 16.9 Å². The first-order valence-electron chi connectivity index (χ1n) is 8.11. The van der Waals surface area contributed by atoms with E-state index in [1.54, 1.807) is 23.0 Å². The lowest BCUT2D eigenvalue weighted by Crippen LogP contribution is -2.35. The van der Waals surface area contributed by atoms with E-state index < -0.39 is 0 Å². The molecule has 1 saturated heterocycles. The third kappa shape index (κ3) is 2.98. The number of fused-ring (bicyclic) bond motifs is 1. The molecule has 3 heterocycles. The van der Waals surface area contributed by atoms with Gasteiger partial charge in [0.2, 0.25) is 11.7 Å². The van der Waals surface area contributed by atoms with Gasteiger partial charge in [0.25, 0.3) is 0 Å². The van der Waals surface area contributed by atoms with E-state index in [4.69, 9.17) is 11.6 Å². The van der Waals surface area contributed by atoms with Gasteiger partial charge in [0.1, 0.15) is 12.4 Å². The average Bonchev–Trinajstić information content (AvgIpc) is 3.32. The van der Waals surface area contributed by atoms with E-state index in [-0.39, 0.29) is 23.6 Å². The van der Waals surface area contributed by atoms with Gasteiger partial charge in [-0.3, -0.25) is 9.36 Å². The highest BCUT2D eigenvalue weighted by Gasteiger charge is 2.24. The van der Waals surface area contributed by atoms with Crippen molar-refractivity contribution in [2.45, 2.75) is 18.9 Å². The van der Waals surface area contributed by atoms with Gasteiger partial charge < -0.3 is 10.6 Å². The predicted octanol–water partition coefficient (Wildman–Crippen LogP) is 2.03. The lowest BCUT2D eigenvalue weighted by Gasteiger charge is -2.11. The minimum Gasteiger partial charge on any atom is -0.307 e. The molecule has 3 aromatic rings. The fraction of sp³-hybridized carbons (Fsp3) is 0.235. The van der Waals surface area contributed by atoms with Crippen molar-refractivity contribution in [2.24, 2.45) is 0 Å². The van der Waals surface area contributed by atoms with Gasteiger partial charge in [0.05, 0.1) is 6.04 Å². The molecule has 9 heteroatoms. The highest BCUT2D eigenvalue weighted by molar-refractivity contribution is 6.30. The number of imidazole rings is 1. The Labute approximate surface area is 153 Å². The number of rotatable bonds is 3. The predicted molar refractivity (Wildman–Crippen MR) is 96.0 cm³/mol. The second-order valence-corrected chi connectivity index (χ2v) is 6.35. The second kappa shape index (κ2) is 6.71. The summed E-state index contributed by atoms with van der Waals surface area (Å²) in [5.74, 6) is 0.00768. The first-order valence-corrected chi connectivity index (χ1v) is 8.49. The van der Waals surface area contributed by atoms with Gasteiger partial charge in [0, 0.05) is 10.7 Å². The molecule has 130 valence electrons. The minimum absolute atomic E-state index is 0.0390. The first kappa shape index (κ1) is 16.4. The highest BCUT2D eigenvalue weighted by Crippen LogP contribution is 2.23. The molecule has 1 aromatic carbocycles. The molecule has 1 aliphatic rings. The Bertz CT molecular complexity index is 1020. The number of hydrogen-bond acceptors (Lipinski definition) is 6. The normalized spacial score (nSPS) is 16.5. The van der Waals surface area contributed by atoms with E-state index in [1.807, 2.05) is 18.2 Å². The van der Waals surface area contributed by atoms with Crippen molar-refractivity contribution in [2.75, 3.05) is 11.9 Å². The van der Waals surface area contributed by atoms with Crippen molar-refractivity contribution in [3.05, 3.63) is 41.4 Å². The minimum atomic E-state index is -0.260. The van der Waals surface area contributed by atoms with Crippen LogP contribution in [0.4, 0.5) is 5.82 Å². The summed E-state index contributed by atoms with van der Waals surface area (Å²) in [6.07, 6.45) is 3.30. The fourth-order valence-electron chi connectivity index (χ4n) is 2.94. The van der Waals surface area contributed by atoms with Crippen LogP contribution in [0.5, 0.6) is 0 Å². The summed E-state index contributed by atoms with van der Waals surface area (Å²) in [7, 11) is 0. The van der Waals surface area contributed by atoms with E-state index in [1.165, 1.54) is 0 Å². The van der Waals surface area contributed by atoms with Crippen LogP contribution < -0.4 is 10.6 Å². The molecule has 0 spiro atoms. The fourth-order valence-corrected chi connectivity index (χ4v) is 3.07. The number of halogens is 1. The van der Waals surface area contributed by atoms with Gasteiger partial charge in [-0.15, -0.1) is 0 Å². The van der Waals surface area contributed by atoms with Gasteiger partial charge in [-0.1, -0.05) is 11.6 Å². The SMILES string of the molecule is N#Cc1nc(NC(=O)[C@@H]2CCCN2)c2ncn(-c3ccc(Cl)cc3)c2n1. The zero-order chi connectivity index (χ0) is 18.1. The van der Waals surface area contributed by atoms with Crippen LogP contribution in [-0.2, 0) is 4.79 Å². The number of aromatic nitrogens is 4. The maximum absolute atomic E-state index is 12.4. The van der Waals surface area contributed by atoms with Crippen LogP contribution in [-0.4, -0.2) is 38.0 Å². The van der Waals surface area contributed by atoms with Crippen LogP contribution in [0.15, 0.2) is 30.6 Å². The van der Waals surface area contributed by atoms with Crippen molar-refractivity contribution in [3.63, 3.8) is 0 Å². The van der Waals surface area contributed by atoms with Crippen molar-refractivity contribution < 1.29 is 4.79 Å². The van der Waals surface area contributed by atoms with Crippen LogP contribution in [0.3, 0.4) is 0 Å². The molecular formula is C17H14ClN7O. The van der Waals surface area contributed by atoms with Crippen LogP contribution in [0.2, 0.25) is 5.02 Å². The second-order valence-electron chi connectivity index (χ2n) is 5.91. The Balaban J connectivity index is 1.77. The molecule has 2 N–H and O–H groups in total. The molecule has 1 fully saturated rings. The maximum Gasteiger partial charge on any atom is 0.242 e. The number of nitriles is 1. The Morgan fingerprint density at radius 2 is 2.15 bits per heavy atom. The van der Waals surface area contributed by atoms with Crippen molar-refractivity contribution in [1.82, 2.24) is 24.8 Å². The smallest absolute Gasteiger partial charge is 0.242 e. The molecule has 2 aromatic heterocycles. The third-order valence-corrected chi connectivity index (χ3v) is 4.47. The summed E-state index contributed by atoms with van der Waals surface area (Å²) in [6.45, 7) is 0.811. The van der Waals surface area contributed by atoms with E-state index in [0.717, 1.165) is 25.1 Å². The Kier molecular flexibility index (Phi) is 4.24. The monoisotopic (exact) mass is 367 g/mol.